The number of ether oxygens (including phenoxy) is 2. The second kappa shape index (κ2) is 9.44. The second-order valence-electron chi connectivity index (χ2n) is 5.99. The number of para-hydroxylation sites is 1. The van der Waals surface area contributed by atoms with Crippen LogP contribution in [-0.2, 0) is 11.3 Å². The van der Waals surface area contributed by atoms with Gasteiger partial charge in [0.15, 0.2) is 4.80 Å². The summed E-state index contributed by atoms with van der Waals surface area (Å²) in [5.41, 5.74) is 0.593. The van der Waals surface area contributed by atoms with E-state index in [4.69, 9.17) is 9.47 Å². The molecular formula is C20H21N3O5S. The lowest BCUT2D eigenvalue weighted by Crippen LogP contribution is -2.20. The molecule has 0 fully saturated rings. The first-order valence-corrected chi connectivity index (χ1v) is 10.0. The van der Waals surface area contributed by atoms with E-state index >= 15 is 0 Å². The maximum atomic E-state index is 12.7. The third-order valence-corrected chi connectivity index (χ3v) is 5.20. The molecule has 0 saturated heterocycles. The molecule has 0 aliphatic heterocycles. The molecule has 2 aromatic carbocycles. The van der Waals surface area contributed by atoms with E-state index in [0.717, 1.165) is 16.0 Å². The first kappa shape index (κ1) is 20.7. The summed E-state index contributed by atoms with van der Waals surface area (Å²) in [4.78, 5) is 28.1. The third kappa shape index (κ3) is 4.69. The van der Waals surface area contributed by atoms with Gasteiger partial charge in [-0.15, -0.1) is 0 Å². The van der Waals surface area contributed by atoms with Crippen LogP contribution in [0.5, 0.6) is 5.75 Å². The number of aromatic nitrogens is 1. The van der Waals surface area contributed by atoms with Crippen LogP contribution >= 0.6 is 11.3 Å². The van der Waals surface area contributed by atoms with Gasteiger partial charge >= 0.3 is 0 Å². The highest BCUT2D eigenvalue weighted by molar-refractivity contribution is 7.16. The van der Waals surface area contributed by atoms with E-state index in [-0.39, 0.29) is 11.3 Å². The molecule has 3 rings (SSSR count). The molecule has 0 N–H and O–H groups in total. The molecule has 29 heavy (non-hydrogen) atoms. The minimum absolute atomic E-state index is 0.0404. The summed E-state index contributed by atoms with van der Waals surface area (Å²) >= 11 is 1.33. The maximum Gasteiger partial charge on any atom is 0.286 e. The van der Waals surface area contributed by atoms with E-state index in [9.17, 15) is 14.9 Å². The Morgan fingerprint density at radius 3 is 2.72 bits per heavy atom. The molecule has 3 aromatic rings. The lowest BCUT2D eigenvalue weighted by Gasteiger charge is -2.06. The first-order valence-electron chi connectivity index (χ1n) is 9.21. The molecule has 0 bridgehead atoms. The van der Waals surface area contributed by atoms with Crippen LogP contribution in [-0.4, -0.2) is 35.2 Å². The van der Waals surface area contributed by atoms with E-state index in [0.29, 0.717) is 31.2 Å². The van der Waals surface area contributed by atoms with Gasteiger partial charge < -0.3 is 14.0 Å². The number of hydrogen-bond donors (Lipinski definition) is 0. The zero-order valence-electron chi connectivity index (χ0n) is 16.2. The average molecular weight is 415 g/mol. The molecule has 0 unspecified atom stereocenters. The zero-order chi connectivity index (χ0) is 20.8. The summed E-state index contributed by atoms with van der Waals surface area (Å²) in [5.74, 6) is 0.0776. The summed E-state index contributed by atoms with van der Waals surface area (Å²) in [6.45, 7) is 5.92. The van der Waals surface area contributed by atoms with Gasteiger partial charge in [0, 0.05) is 19.2 Å². The first-order chi connectivity index (χ1) is 14.0. The summed E-state index contributed by atoms with van der Waals surface area (Å²) in [6, 6.07) is 11.5. The molecule has 9 heteroatoms. The predicted octanol–water partition coefficient (Wildman–Crippen LogP) is 3.79. The molecule has 0 aliphatic carbocycles. The van der Waals surface area contributed by atoms with Crippen molar-refractivity contribution in [2.45, 2.75) is 20.4 Å². The third-order valence-electron chi connectivity index (χ3n) is 4.16. The topological polar surface area (TPSA) is 96.0 Å². The number of hydrogen-bond acceptors (Lipinski definition) is 6. The average Bonchev–Trinajstić information content (AvgIpc) is 3.04. The van der Waals surface area contributed by atoms with Crippen molar-refractivity contribution in [1.82, 2.24) is 4.57 Å². The van der Waals surface area contributed by atoms with E-state index < -0.39 is 10.8 Å². The van der Waals surface area contributed by atoms with Crippen molar-refractivity contribution < 1.29 is 19.2 Å². The number of carbonyl (C=O) groups excluding carboxylic acids is 1. The number of benzene rings is 2. The van der Waals surface area contributed by atoms with E-state index in [1.807, 2.05) is 36.6 Å². The van der Waals surface area contributed by atoms with Crippen LogP contribution in [0.2, 0.25) is 0 Å². The normalized spacial score (nSPS) is 11.7. The zero-order valence-corrected chi connectivity index (χ0v) is 17.0. The number of fused-ring (bicyclic) bond motifs is 1. The van der Waals surface area contributed by atoms with Gasteiger partial charge in [0.25, 0.3) is 11.6 Å². The fourth-order valence-electron chi connectivity index (χ4n) is 2.87. The number of nitro benzene ring substituents is 1. The van der Waals surface area contributed by atoms with Gasteiger partial charge in [-0.2, -0.15) is 4.99 Å². The molecule has 0 saturated carbocycles. The summed E-state index contributed by atoms with van der Waals surface area (Å²) in [5, 5.41) is 11.2. The van der Waals surface area contributed by atoms with Crippen molar-refractivity contribution in [2.75, 3.05) is 19.8 Å². The van der Waals surface area contributed by atoms with Crippen LogP contribution in [0.25, 0.3) is 10.2 Å². The van der Waals surface area contributed by atoms with E-state index in [1.54, 1.807) is 6.07 Å². The molecule has 152 valence electrons. The predicted molar refractivity (Wildman–Crippen MR) is 110 cm³/mol. The monoisotopic (exact) mass is 415 g/mol. The molecule has 8 nitrogen and oxygen atoms in total. The Hall–Kier alpha value is -3.04. The van der Waals surface area contributed by atoms with E-state index in [1.165, 1.54) is 29.5 Å². The van der Waals surface area contributed by atoms with Gasteiger partial charge in [0.2, 0.25) is 0 Å². The fourth-order valence-corrected chi connectivity index (χ4v) is 3.96. The van der Waals surface area contributed by atoms with Crippen LogP contribution in [0.3, 0.4) is 0 Å². The minimum atomic E-state index is -0.654. The molecule has 0 aliphatic rings. The molecule has 1 amide bonds. The van der Waals surface area contributed by atoms with Crippen molar-refractivity contribution in [3.63, 3.8) is 0 Å². The number of rotatable bonds is 8. The van der Waals surface area contributed by atoms with Crippen molar-refractivity contribution in [1.29, 1.82) is 0 Å². The van der Waals surface area contributed by atoms with Gasteiger partial charge in [-0.1, -0.05) is 23.5 Å². The van der Waals surface area contributed by atoms with Gasteiger partial charge in [0.1, 0.15) is 11.3 Å². The smallest absolute Gasteiger partial charge is 0.286 e. The Kier molecular flexibility index (Phi) is 6.73. The fraction of sp³-hybridized carbons (Fsp3) is 0.300. The quantitative estimate of drug-likeness (QED) is 0.317. The number of amides is 1. The minimum Gasteiger partial charge on any atom is -0.494 e. The van der Waals surface area contributed by atoms with Crippen molar-refractivity contribution in [3.05, 3.63) is 62.9 Å². The number of carbonyl (C=O) groups is 1. The highest BCUT2D eigenvalue weighted by Crippen LogP contribution is 2.24. The second-order valence-corrected chi connectivity index (χ2v) is 7.00. The van der Waals surface area contributed by atoms with Gasteiger partial charge in [-0.3, -0.25) is 14.9 Å². The largest absolute Gasteiger partial charge is 0.494 e. The summed E-state index contributed by atoms with van der Waals surface area (Å²) in [6.07, 6.45) is 0. The Labute approximate surface area is 171 Å². The van der Waals surface area contributed by atoms with Gasteiger partial charge in [-0.05, 0) is 38.1 Å². The number of thiazole rings is 1. The van der Waals surface area contributed by atoms with Crippen molar-refractivity contribution in [2.24, 2.45) is 4.99 Å². The lowest BCUT2D eigenvalue weighted by molar-refractivity contribution is -0.385. The SMILES string of the molecule is CCOCCn1c(=NC(=O)c2ccccc2[N+](=O)[O-])sc2cc(OCC)ccc21. The van der Waals surface area contributed by atoms with Crippen molar-refractivity contribution in [3.8, 4) is 5.75 Å². The Balaban J connectivity index is 2.09. The summed E-state index contributed by atoms with van der Waals surface area (Å²) in [7, 11) is 0. The summed E-state index contributed by atoms with van der Waals surface area (Å²) < 4.78 is 13.8. The molecule has 1 aromatic heterocycles. The Morgan fingerprint density at radius 1 is 1.21 bits per heavy atom. The van der Waals surface area contributed by atoms with Gasteiger partial charge in [-0.25, -0.2) is 0 Å². The van der Waals surface area contributed by atoms with Crippen molar-refractivity contribution >= 4 is 33.1 Å². The molecule has 1 heterocycles. The lowest BCUT2D eigenvalue weighted by atomic mass is 10.2. The number of nitro groups is 1. The molecule has 0 atom stereocenters. The standard InChI is InChI=1S/C20H21N3O5S/c1-3-27-12-11-22-17-10-9-14(28-4-2)13-18(17)29-20(22)21-19(24)15-7-5-6-8-16(15)23(25)26/h5-10,13H,3-4,11-12H2,1-2H3. The Bertz CT molecular complexity index is 1100. The van der Waals surface area contributed by atoms with Crippen LogP contribution in [0.1, 0.15) is 24.2 Å². The van der Waals surface area contributed by atoms with Crippen LogP contribution in [0.4, 0.5) is 5.69 Å². The van der Waals surface area contributed by atoms with Crippen LogP contribution < -0.4 is 9.54 Å². The Morgan fingerprint density at radius 2 is 2.00 bits per heavy atom. The van der Waals surface area contributed by atoms with Crippen LogP contribution in [0.15, 0.2) is 47.5 Å². The molecule has 0 radical (unpaired) electrons. The van der Waals surface area contributed by atoms with Crippen LogP contribution in [0, 0.1) is 10.1 Å². The highest BCUT2D eigenvalue weighted by Gasteiger charge is 2.19. The van der Waals surface area contributed by atoms with E-state index in [2.05, 4.69) is 4.99 Å². The van der Waals surface area contributed by atoms with Gasteiger partial charge in [0.05, 0.1) is 28.4 Å². The maximum absolute atomic E-state index is 12.7. The number of nitrogens with zero attached hydrogens (tertiary/aromatic N) is 3. The highest BCUT2D eigenvalue weighted by atomic mass is 32.1. The molecule has 0 spiro atoms. The molecular weight excluding hydrogens is 394 g/mol.